The van der Waals surface area contributed by atoms with Crippen LogP contribution in [0.4, 0.5) is 0 Å². The Kier molecular flexibility index (Phi) is 4.04. The molecule has 7 aliphatic rings. The molecule has 2 aliphatic carbocycles. The van der Waals surface area contributed by atoms with E-state index in [-0.39, 0.29) is 47.5 Å². The molecule has 7 rings (SSSR count). The Hall–Kier alpha value is -1.15. The molecule has 6 fully saturated rings. The molecule has 0 aromatic carbocycles. The van der Waals surface area contributed by atoms with E-state index in [1.54, 1.807) is 13.4 Å². The molecule has 0 aromatic heterocycles. The van der Waals surface area contributed by atoms with Crippen LogP contribution in [0.15, 0.2) is 12.3 Å². The topological polar surface area (TPSA) is 75.8 Å². The number of fused-ring (bicyclic) bond motifs is 2. The zero-order chi connectivity index (χ0) is 20.9. The van der Waals surface area contributed by atoms with Crippen molar-refractivity contribution in [2.24, 2.45) is 28.6 Å². The summed E-state index contributed by atoms with van der Waals surface area (Å²) in [5.41, 5.74) is -0.997. The summed E-state index contributed by atoms with van der Waals surface area (Å²) in [6, 6.07) is 0. The smallest absolute Gasteiger partial charge is 0.302 e. The van der Waals surface area contributed by atoms with Gasteiger partial charge in [-0.3, -0.25) is 4.79 Å². The number of rotatable bonds is 3. The van der Waals surface area contributed by atoms with Gasteiger partial charge >= 0.3 is 5.97 Å². The van der Waals surface area contributed by atoms with Crippen molar-refractivity contribution < 1.29 is 33.2 Å². The number of carbonyl (C=O) groups is 1. The van der Waals surface area contributed by atoms with E-state index >= 15 is 0 Å². The third kappa shape index (κ3) is 2.22. The minimum atomic E-state index is -0.527. The zero-order valence-electron chi connectivity index (χ0n) is 18.2. The maximum Gasteiger partial charge on any atom is 0.302 e. The molecule has 2 spiro atoms. The van der Waals surface area contributed by atoms with Crippen molar-refractivity contribution in [2.75, 3.05) is 13.7 Å². The maximum absolute atomic E-state index is 12.1. The van der Waals surface area contributed by atoms with E-state index in [0.29, 0.717) is 18.4 Å². The number of hydrogen-bond acceptors (Lipinski definition) is 7. The Morgan fingerprint density at radius 3 is 2.67 bits per heavy atom. The molecule has 11 unspecified atom stereocenters. The third-order valence-electron chi connectivity index (χ3n) is 9.42. The molecule has 166 valence electrons. The molecule has 0 aromatic rings. The lowest BCUT2D eigenvalue weighted by atomic mass is 9.40. The molecule has 7 nitrogen and oxygen atoms in total. The van der Waals surface area contributed by atoms with E-state index in [9.17, 15) is 4.79 Å². The van der Waals surface area contributed by atoms with Crippen molar-refractivity contribution in [2.45, 2.75) is 82.9 Å². The normalized spacial score (nSPS) is 57.7. The summed E-state index contributed by atoms with van der Waals surface area (Å²) < 4.78 is 36.8. The summed E-state index contributed by atoms with van der Waals surface area (Å²) in [7, 11) is 1.70. The Bertz CT molecular complexity index is 778. The number of epoxide rings is 1. The summed E-state index contributed by atoms with van der Waals surface area (Å²) in [4.78, 5) is 12.1. The van der Waals surface area contributed by atoms with Gasteiger partial charge in [-0.2, -0.15) is 0 Å². The van der Waals surface area contributed by atoms with Gasteiger partial charge in [-0.15, -0.1) is 0 Å². The van der Waals surface area contributed by atoms with Crippen molar-refractivity contribution in [1.29, 1.82) is 0 Å². The van der Waals surface area contributed by atoms with E-state index in [0.717, 1.165) is 25.7 Å². The molecule has 7 heteroatoms. The number of carbonyl (C=O) groups excluding carboxylic acids is 1. The van der Waals surface area contributed by atoms with Crippen molar-refractivity contribution in [1.82, 2.24) is 0 Å². The summed E-state index contributed by atoms with van der Waals surface area (Å²) in [6.45, 7) is 6.82. The van der Waals surface area contributed by atoms with Crippen LogP contribution in [0.25, 0.3) is 0 Å². The second-order valence-electron chi connectivity index (χ2n) is 10.5. The van der Waals surface area contributed by atoms with E-state index in [2.05, 4.69) is 19.9 Å². The van der Waals surface area contributed by atoms with Gasteiger partial charge in [0.15, 0.2) is 6.29 Å². The zero-order valence-corrected chi connectivity index (χ0v) is 18.2. The van der Waals surface area contributed by atoms with Crippen LogP contribution in [0.3, 0.4) is 0 Å². The molecule has 0 N–H and O–H groups in total. The highest BCUT2D eigenvalue weighted by atomic mass is 16.7. The first kappa shape index (κ1) is 19.5. The van der Waals surface area contributed by atoms with Crippen LogP contribution < -0.4 is 0 Å². The third-order valence-corrected chi connectivity index (χ3v) is 9.42. The predicted octanol–water partition coefficient (Wildman–Crippen LogP) is 2.78. The summed E-state index contributed by atoms with van der Waals surface area (Å²) in [5, 5.41) is 0. The minimum Gasteiger partial charge on any atom is -0.472 e. The summed E-state index contributed by atoms with van der Waals surface area (Å²) in [5.74, 6) is 0.554. The SMILES string of the molecule is COC1OC2CC3C(C)(C4CC5C=COC5O4)C(C)CC(OC(C)=O)C13C1(CO1)C2. The van der Waals surface area contributed by atoms with Crippen molar-refractivity contribution in [3.05, 3.63) is 12.3 Å². The molecule has 5 heterocycles. The highest BCUT2D eigenvalue weighted by Crippen LogP contribution is 2.74. The molecule has 4 saturated heterocycles. The molecule has 30 heavy (non-hydrogen) atoms. The quantitative estimate of drug-likeness (QED) is 0.513. The Morgan fingerprint density at radius 2 is 2.00 bits per heavy atom. The predicted molar refractivity (Wildman–Crippen MR) is 104 cm³/mol. The average Bonchev–Trinajstić information content (AvgIpc) is 3.12. The highest BCUT2D eigenvalue weighted by Gasteiger charge is 2.82. The van der Waals surface area contributed by atoms with Crippen molar-refractivity contribution in [3.63, 3.8) is 0 Å². The van der Waals surface area contributed by atoms with Gasteiger partial charge < -0.3 is 28.4 Å². The maximum atomic E-state index is 12.1. The lowest BCUT2D eigenvalue weighted by molar-refractivity contribution is -0.380. The van der Waals surface area contributed by atoms with Crippen LogP contribution in [0.1, 0.15) is 46.5 Å². The molecule has 2 bridgehead atoms. The number of methoxy groups -OCH3 is 1. The lowest BCUT2D eigenvalue weighted by Crippen LogP contribution is -2.76. The van der Waals surface area contributed by atoms with Gasteiger partial charge in [0, 0.05) is 31.8 Å². The standard InChI is InChI=1S/C23H32O7/c1-12-7-18(28-13(2)24)23-16(9-15(29-20(23)25-4)10-22(23)11-27-22)21(12,3)17-8-14-5-6-26-19(14)30-17/h5-6,12,14-20H,7-11H2,1-4H3. The van der Waals surface area contributed by atoms with Crippen LogP contribution in [0, 0.1) is 28.6 Å². The van der Waals surface area contributed by atoms with Crippen molar-refractivity contribution in [3.8, 4) is 0 Å². The Morgan fingerprint density at radius 1 is 1.20 bits per heavy atom. The molecule has 2 saturated carbocycles. The van der Waals surface area contributed by atoms with Crippen LogP contribution in [-0.4, -0.2) is 56.2 Å². The van der Waals surface area contributed by atoms with Crippen LogP contribution in [0.5, 0.6) is 0 Å². The molecular weight excluding hydrogens is 388 g/mol. The second kappa shape index (κ2) is 6.21. The first-order valence-electron chi connectivity index (χ1n) is 11.3. The van der Waals surface area contributed by atoms with Crippen LogP contribution in [0.2, 0.25) is 0 Å². The van der Waals surface area contributed by atoms with E-state index in [4.69, 9.17) is 28.4 Å². The van der Waals surface area contributed by atoms with Gasteiger partial charge in [0.1, 0.15) is 11.7 Å². The monoisotopic (exact) mass is 420 g/mol. The van der Waals surface area contributed by atoms with E-state index in [1.807, 2.05) is 0 Å². The van der Waals surface area contributed by atoms with Crippen molar-refractivity contribution >= 4 is 5.97 Å². The highest BCUT2D eigenvalue weighted by molar-refractivity contribution is 5.66. The van der Waals surface area contributed by atoms with Gasteiger partial charge in [-0.05, 0) is 37.2 Å². The van der Waals surface area contributed by atoms with Gasteiger partial charge in [0.2, 0.25) is 6.29 Å². The molecular formula is C23H32O7. The minimum absolute atomic E-state index is 0.0697. The first-order chi connectivity index (χ1) is 14.3. The van der Waals surface area contributed by atoms with Gasteiger partial charge in [-0.25, -0.2) is 0 Å². The summed E-state index contributed by atoms with van der Waals surface area (Å²) >= 11 is 0. The fraction of sp³-hybridized carbons (Fsp3) is 0.870. The second-order valence-corrected chi connectivity index (χ2v) is 10.5. The first-order valence-corrected chi connectivity index (χ1v) is 11.3. The molecule has 0 amide bonds. The Balaban J connectivity index is 1.47. The number of esters is 1. The van der Waals surface area contributed by atoms with Gasteiger partial charge in [0.05, 0.1) is 30.5 Å². The number of ether oxygens (including phenoxy) is 6. The van der Waals surface area contributed by atoms with Crippen LogP contribution in [-0.2, 0) is 33.2 Å². The fourth-order valence-electron chi connectivity index (χ4n) is 7.92. The summed E-state index contributed by atoms with van der Waals surface area (Å²) in [6.07, 6.45) is 6.57. The molecule has 5 aliphatic heterocycles. The molecule has 0 radical (unpaired) electrons. The van der Waals surface area contributed by atoms with Crippen LogP contribution >= 0.6 is 0 Å². The van der Waals surface area contributed by atoms with Gasteiger partial charge in [0.25, 0.3) is 0 Å². The lowest BCUT2D eigenvalue weighted by Gasteiger charge is -2.69. The van der Waals surface area contributed by atoms with E-state index < -0.39 is 11.7 Å². The largest absolute Gasteiger partial charge is 0.472 e. The Labute approximate surface area is 177 Å². The van der Waals surface area contributed by atoms with Gasteiger partial charge in [-0.1, -0.05) is 13.8 Å². The number of hydrogen-bond donors (Lipinski definition) is 0. The fourth-order valence-corrected chi connectivity index (χ4v) is 7.92. The van der Waals surface area contributed by atoms with E-state index in [1.165, 1.54) is 6.92 Å². The molecule has 11 atom stereocenters. The average molecular weight is 421 g/mol.